The summed E-state index contributed by atoms with van der Waals surface area (Å²) in [6.45, 7) is 5.87. The summed E-state index contributed by atoms with van der Waals surface area (Å²) in [7, 11) is 0. The van der Waals surface area contributed by atoms with Crippen LogP contribution in [0.5, 0.6) is 0 Å². The van der Waals surface area contributed by atoms with Gasteiger partial charge in [-0.3, -0.25) is 0 Å². The molecule has 14 heavy (non-hydrogen) atoms. The van der Waals surface area contributed by atoms with E-state index in [0.29, 0.717) is 6.54 Å². The molecular weight excluding hydrogens is 202 g/mol. The number of ether oxygens (including phenoxy) is 1. The Bertz CT molecular complexity index is 292. The van der Waals surface area contributed by atoms with Crippen molar-refractivity contribution in [3.8, 4) is 0 Å². The number of hydrogen-bond acceptors (Lipinski definition) is 5. The summed E-state index contributed by atoms with van der Waals surface area (Å²) >= 11 is 1.25. The Kier molecular flexibility index (Phi) is 3.40. The van der Waals surface area contributed by atoms with E-state index in [-0.39, 0.29) is 0 Å². The van der Waals surface area contributed by atoms with Gasteiger partial charge in [0, 0.05) is 0 Å². The molecule has 0 aliphatic rings. The smallest absolute Gasteiger partial charge is 0.407 e. The van der Waals surface area contributed by atoms with Crippen molar-refractivity contribution in [2.45, 2.75) is 32.9 Å². The molecule has 6 heteroatoms. The third-order valence-corrected chi connectivity index (χ3v) is 1.87. The molecule has 0 aliphatic heterocycles. The number of carbonyl (C=O) groups excluding carboxylic acids is 1. The fraction of sp³-hybridized carbons (Fsp3) is 0.625. The van der Waals surface area contributed by atoms with Crippen molar-refractivity contribution in [3.05, 3.63) is 11.1 Å². The number of nitrogens with one attached hydrogen (secondary N) is 1. The van der Waals surface area contributed by atoms with Gasteiger partial charge in [0.25, 0.3) is 0 Å². The minimum atomic E-state index is -0.462. The van der Waals surface area contributed by atoms with E-state index in [1.807, 2.05) is 20.8 Å². The predicted molar refractivity (Wildman–Crippen MR) is 53.0 cm³/mol. The average molecular weight is 215 g/mol. The molecule has 1 aromatic heterocycles. The summed E-state index contributed by atoms with van der Waals surface area (Å²) in [5, 5.41) is 6.26. The van der Waals surface area contributed by atoms with Crippen molar-refractivity contribution < 1.29 is 9.53 Å². The van der Waals surface area contributed by atoms with Crippen molar-refractivity contribution in [2.24, 2.45) is 0 Å². The third-order valence-electron chi connectivity index (χ3n) is 1.21. The van der Waals surface area contributed by atoms with Gasteiger partial charge in [0.15, 0.2) is 0 Å². The van der Waals surface area contributed by atoms with Gasteiger partial charge in [-0.25, -0.2) is 4.79 Å². The van der Waals surface area contributed by atoms with Crippen LogP contribution in [0.4, 0.5) is 4.79 Å². The Morgan fingerprint density at radius 2 is 2.36 bits per heavy atom. The monoisotopic (exact) mass is 215 g/mol. The molecule has 1 rings (SSSR count). The summed E-state index contributed by atoms with van der Waals surface area (Å²) in [5.74, 6) is 0. The highest BCUT2D eigenvalue weighted by atomic mass is 32.1. The zero-order valence-corrected chi connectivity index (χ0v) is 9.22. The first-order chi connectivity index (χ1) is 6.47. The fourth-order valence-electron chi connectivity index (χ4n) is 0.739. The lowest BCUT2D eigenvalue weighted by Crippen LogP contribution is -2.31. The second kappa shape index (κ2) is 4.36. The molecule has 0 saturated heterocycles. The van der Waals surface area contributed by atoms with E-state index >= 15 is 0 Å². The molecule has 0 aromatic carbocycles. The lowest BCUT2D eigenvalue weighted by molar-refractivity contribution is 0.0524. The molecule has 1 heterocycles. The number of hydrogen-bond donors (Lipinski definition) is 1. The van der Waals surface area contributed by atoms with Crippen molar-refractivity contribution in [3.63, 3.8) is 0 Å². The minimum absolute atomic E-state index is 0.409. The Morgan fingerprint density at radius 3 is 2.86 bits per heavy atom. The molecule has 1 aromatic rings. The van der Waals surface area contributed by atoms with Crippen LogP contribution in [0, 0.1) is 0 Å². The molecule has 78 valence electrons. The van der Waals surface area contributed by atoms with Gasteiger partial charge in [-0.05, 0) is 32.3 Å². The molecule has 0 saturated carbocycles. The van der Waals surface area contributed by atoms with Crippen LogP contribution < -0.4 is 5.32 Å². The van der Waals surface area contributed by atoms with E-state index < -0.39 is 11.7 Å². The lowest BCUT2D eigenvalue weighted by atomic mass is 10.2. The van der Waals surface area contributed by atoms with Crippen LogP contribution in [0.2, 0.25) is 0 Å². The summed E-state index contributed by atoms with van der Waals surface area (Å²) in [6.07, 6.45) is 1.19. The van der Waals surface area contributed by atoms with Gasteiger partial charge in [-0.1, -0.05) is 4.49 Å². The van der Waals surface area contributed by atoms with Crippen molar-refractivity contribution >= 4 is 17.6 Å². The normalized spacial score (nSPS) is 11.1. The van der Waals surface area contributed by atoms with Crippen LogP contribution >= 0.6 is 11.5 Å². The highest BCUT2D eigenvalue weighted by Crippen LogP contribution is 2.07. The van der Waals surface area contributed by atoms with Gasteiger partial charge >= 0.3 is 6.09 Å². The Hall–Kier alpha value is -1.17. The Balaban J connectivity index is 2.29. The number of aromatic nitrogens is 2. The van der Waals surface area contributed by atoms with Gasteiger partial charge < -0.3 is 10.1 Å². The van der Waals surface area contributed by atoms with Gasteiger partial charge in [-0.2, -0.15) is 0 Å². The van der Waals surface area contributed by atoms with Crippen LogP contribution in [-0.2, 0) is 11.3 Å². The second-order valence-electron chi connectivity index (χ2n) is 3.74. The molecule has 0 radical (unpaired) electrons. The van der Waals surface area contributed by atoms with E-state index in [1.165, 1.54) is 11.5 Å². The maximum atomic E-state index is 11.2. The standard InChI is InChI=1S/C8H13N3O2S/c1-8(2,3)13-7(12)9-4-6-5-10-11-14-6/h5H,4H2,1-3H3,(H,9,12). The van der Waals surface area contributed by atoms with Crippen LogP contribution in [0.3, 0.4) is 0 Å². The van der Waals surface area contributed by atoms with Gasteiger partial charge in [-0.15, -0.1) is 5.10 Å². The molecule has 1 amide bonds. The zero-order chi connectivity index (χ0) is 10.6. The van der Waals surface area contributed by atoms with Gasteiger partial charge in [0.05, 0.1) is 17.6 Å². The third kappa shape index (κ3) is 4.18. The van der Waals surface area contributed by atoms with E-state index in [0.717, 1.165) is 4.88 Å². The molecule has 0 fully saturated rings. The van der Waals surface area contributed by atoms with Gasteiger partial charge in [0.1, 0.15) is 5.60 Å². The summed E-state index contributed by atoms with van der Waals surface area (Å²) in [5.41, 5.74) is -0.462. The number of nitrogens with zero attached hydrogens (tertiary/aromatic N) is 2. The van der Waals surface area contributed by atoms with E-state index in [1.54, 1.807) is 6.20 Å². The number of rotatable bonds is 2. The predicted octanol–water partition coefficient (Wildman–Crippen LogP) is 1.56. The molecule has 0 atom stereocenters. The van der Waals surface area contributed by atoms with E-state index in [4.69, 9.17) is 4.74 Å². The van der Waals surface area contributed by atoms with Gasteiger partial charge in [0.2, 0.25) is 0 Å². The quantitative estimate of drug-likeness (QED) is 0.813. The number of carbonyl (C=O) groups is 1. The summed E-state index contributed by atoms with van der Waals surface area (Å²) in [6, 6.07) is 0. The Labute approximate surface area is 86.6 Å². The molecule has 0 bridgehead atoms. The molecule has 1 N–H and O–H groups in total. The lowest BCUT2D eigenvalue weighted by Gasteiger charge is -2.19. The molecule has 0 unspecified atom stereocenters. The van der Waals surface area contributed by atoms with E-state index in [2.05, 4.69) is 14.9 Å². The molecule has 0 spiro atoms. The van der Waals surface area contributed by atoms with Crippen LogP contribution in [-0.4, -0.2) is 21.3 Å². The SMILES string of the molecule is CC(C)(C)OC(=O)NCc1cnns1. The summed E-state index contributed by atoms with van der Waals surface area (Å²) < 4.78 is 8.72. The van der Waals surface area contributed by atoms with Crippen LogP contribution in [0.1, 0.15) is 25.6 Å². The topological polar surface area (TPSA) is 64.1 Å². The maximum Gasteiger partial charge on any atom is 0.407 e. The Morgan fingerprint density at radius 1 is 1.64 bits per heavy atom. The zero-order valence-electron chi connectivity index (χ0n) is 8.40. The highest BCUT2D eigenvalue weighted by Gasteiger charge is 2.15. The molecule has 0 aliphatic carbocycles. The largest absolute Gasteiger partial charge is 0.444 e. The molecule has 5 nitrogen and oxygen atoms in total. The first-order valence-electron chi connectivity index (χ1n) is 4.20. The summed E-state index contributed by atoms with van der Waals surface area (Å²) in [4.78, 5) is 12.1. The fourth-order valence-corrected chi connectivity index (χ4v) is 1.17. The van der Waals surface area contributed by atoms with Crippen LogP contribution in [0.25, 0.3) is 0 Å². The first kappa shape index (κ1) is 10.9. The van der Waals surface area contributed by atoms with Crippen molar-refractivity contribution in [1.29, 1.82) is 0 Å². The average Bonchev–Trinajstić information content (AvgIpc) is 2.49. The number of alkyl carbamates (subject to hydrolysis) is 1. The maximum absolute atomic E-state index is 11.2. The first-order valence-corrected chi connectivity index (χ1v) is 4.98. The van der Waals surface area contributed by atoms with Crippen molar-refractivity contribution in [2.75, 3.05) is 0 Å². The minimum Gasteiger partial charge on any atom is -0.444 e. The van der Waals surface area contributed by atoms with Crippen molar-refractivity contribution in [1.82, 2.24) is 14.9 Å². The molecular formula is C8H13N3O2S. The van der Waals surface area contributed by atoms with Crippen LogP contribution in [0.15, 0.2) is 6.20 Å². The van der Waals surface area contributed by atoms with E-state index in [9.17, 15) is 4.79 Å². The highest BCUT2D eigenvalue weighted by molar-refractivity contribution is 7.05. The second-order valence-corrected chi connectivity index (χ2v) is 4.61. The number of amides is 1.